The van der Waals surface area contributed by atoms with Crippen molar-refractivity contribution in [3.63, 3.8) is 0 Å². The number of aromatic amines is 1. The Kier molecular flexibility index (Phi) is 10.7. The van der Waals surface area contributed by atoms with E-state index in [1.165, 1.54) is 6.20 Å². The van der Waals surface area contributed by atoms with E-state index >= 15 is 0 Å². The second-order valence-electron chi connectivity index (χ2n) is 7.83. The van der Waals surface area contributed by atoms with Crippen LogP contribution >= 0.6 is 0 Å². The molecule has 0 unspecified atom stereocenters. The summed E-state index contributed by atoms with van der Waals surface area (Å²) in [6.07, 6.45) is 5.43. The monoisotopic (exact) mass is 473 g/mol. The van der Waals surface area contributed by atoms with Gasteiger partial charge in [-0.25, -0.2) is 0 Å². The number of likely N-dealkylation sites (N-methyl/N-ethyl adjacent to an activating group) is 1. The van der Waals surface area contributed by atoms with Crippen LogP contribution in [0.1, 0.15) is 35.3 Å². The molecule has 34 heavy (non-hydrogen) atoms. The predicted octanol–water partition coefficient (Wildman–Crippen LogP) is 0.421. The van der Waals surface area contributed by atoms with Gasteiger partial charge in [0.05, 0.1) is 19.5 Å². The van der Waals surface area contributed by atoms with Crippen LogP contribution in [0.4, 0.5) is 0 Å². The van der Waals surface area contributed by atoms with Gasteiger partial charge in [0, 0.05) is 31.6 Å². The number of nitrogens with one attached hydrogen (secondary N) is 3. The van der Waals surface area contributed by atoms with Crippen molar-refractivity contribution < 1.29 is 24.2 Å². The highest BCUT2D eigenvalue weighted by Crippen LogP contribution is 2.24. The first-order valence-corrected chi connectivity index (χ1v) is 10.9. The Labute approximate surface area is 197 Å². The SMILES string of the molecule is COc1ccc(CCNC(=O)C[C@H]2CC[C@@H](CNC(=O)c3cncc(=O)[nH]3)N2C)cc1.O=CO. The number of amides is 2. The molecule has 11 nitrogen and oxygen atoms in total. The van der Waals surface area contributed by atoms with Gasteiger partial charge in [-0.15, -0.1) is 0 Å². The third-order valence-corrected chi connectivity index (χ3v) is 5.70. The van der Waals surface area contributed by atoms with E-state index in [0.717, 1.165) is 36.8 Å². The number of rotatable bonds is 9. The Hall–Kier alpha value is -3.73. The summed E-state index contributed by atoms with van der Waals surface area (Å²) in [5.41, 5.74) is 0.870. The van der Waals surface area contributed by atoms with Crippen molar-refractivity contribution in [2.24, 2.45) is 0 Å². The zero-order valence-electron chi connectivity index (χ0n) is 19.3. The maximum Gasteiger partial charge on any atom is 0.290 e. The van der Waals surface area contributed by atoms with Crippen LogP contribution in [0.15, 0.2) is 41.5 Å². The normalized spacial score (nSPS) is 17.2. The Morgan fingerprint density at radius 3 is 2.53 bits per heavy atom. The number of ether oxygens (including phenoxy) is 1. The summed E-state index contributed by atoms with van der Waals surface area (Å²) >= 11 is 0. The predicted molar refractivity (Wildman–Crippen MR) is 125 cm³/mol. The highest BCUT2D eigenvalue weighted by Gasteiger charge is 2.31. The van der Waals surface area contributed by atoms with E-state index in [2.05, 4.69) is 25.5 Å². The number of nitrogens with zero attached hydrogens (tertiary/aromatic N) is 2. The van der Waals surface area contributed by atoms with E-state index < -0.39 is 5.56 Å². The molecule has 1 aromatic carbocycles. The molecule has 0 saturated carbocycles. The first-order chi connectivity index (χ1) is 16.4. The van der Waals surface area contributed by atoms with Crippen molar-refractivity contribution in [1.82, 2.24) is 25.5 Å². The second kappa shape index (κ2) is 13.7. The van der Waals surface area contributed by atoms with E-state index in [9.17, 15) is 14.4 Å². The van der Waals surface area contributed by atoms with Gasteiger partial charge in [0.2, 0.25) is 5.91 Å². The highest BCUT2D eigenvalue weighted by molar-refractivity contribution is 5.91. The van der Waals surface area contributed by atoms with Crippen molar-refractivity contribution >= 4 is 18.3 Å². The van der Waals surface area contributed by atoms with Gasteiger partial charge in [-0.1, -0.05) is 12.1 Å². The summed E-state index contributed by atoms with van der Waals surface area (Å²) in [6, 6.07) is 8.10. The third kappa shape index (κ3) is 8.32. The topological polar surface area (TPSA) is 154 Å². The molecule has 1 saturated heterocycles. The van der Waals surface area contributed by atoms with Crippen LogP contribution < -0.4 is 20.9 Å². The average Bonchev–Trinajstić information content (AvgIpc) is 3.17. The van der Waals surface area contributed by atoms with Crippen LogP contribution in [-0.2, 0) is 16.0 Å². The van der Waals surface area contributed by atoms with Gasteiger partial charge in [0.1, 0.15) is 11.4 Å². The standard InChI is InChI=1S/C22H29N5O4.CH2O2/c1-27-16(11-20(28)24-10-9-15-3-7-18(31-2)8-4-15)5-6-17(27)12-25-22(30)19-13-23-14-21(29)26-19;2-1-3/h3-4,7-8,13-14,16-17H,5-6,9-12H2,1-2H3,(H,24,28)(H,25,30)(H,26,29);1H,(H,2,3)/t16-,17+;/m1./s1. The molecular weight excluding hydrogens is 442 g/mol. The molecule has 1 aliphatic rings. The Morgan fingerprint density at radius 2 is 1.88 bits per heavy atom. The van der Waals surface area contributed by atoms with E-state index in [1.54, 1.807) is 7.11 Å². The summed E-state index contributed by atoms with van der Waals surface area (Å²) in [7, 11) is 3.61. The number of likely N-dealkylation sites (tertiary alicyclic amines) is 1. The molecule has 184 valence electrons. The minimum Gasteiger partial charge on any atom is -0.497 e. The fourth-order valence-electron chi connectivity index (χ4n) is 3.80. The molecule has 2 atom stereocenters. The highest BCUT2D eigenvalue weighted by atomic mass is 16.5. The minimum absolute atomic E-state index is 0.0305. The molecule has 1 aliphatic heterocycles. The molecule has 2 amide bonds. The van der Waals surface area contributed by atoms with E-state index in [0.29, 0.717) is 19.5 Å². The van der Waals surface area contributed by atoms with Crippen LogP contribution in [-0.4, -0.2) is 77.6 Å². The number of methoxy groups -OCH3 is 1. The molecule has 4 N–H and O–H groups in total. The summed E-state index contributed by atoms with van der Waals surface area (Å²) in [5.74, 6) is 0.484. The summed E-state index contributed by atoms with van der Waals surface area (Å²) in [5, 5.41) is 12.7. The van der Waals surface area contributed by atoms with E-state index in [-0.39, 0.29) is 36.1 Å². The van der Waals surface area contributed by atoms with Crippen LogP contribution in [0.5, 0.6) is 5.75 Å². The van der Waals surface area contributed by atoms with Gasteiger partial charge in [-0.3, -0.25) is 29.1 Å². The number of hydrogen-bond donors (Lipinski definition) is 4. The number of H-pyrrole nitrogens is 1. The average molecular weight is 474 g/mol. The van der Waals surface area contributed by atoms with Crippen LogP contribution in [0.25, 0.3) is 0 Å². The van der Waals surface area contributed by atoms with Gasteiger partial charge < -0.3 is 25.5 Å². The molecule has 1 aromatic heterocycles. The van der Waals surface area contributed by atoms with Crippen LogP contribution in [0, 0.1) is 0 Å². The number of carbonyl (C=O) groups is 3. The first-order valence-electron chi connectivity index (χ1n) is 10.9. The zero-order chi connectivity index (χ0) is 24.9. The van der Waals surface area contributed by atoms with Crippen molar-refractivity contribution in [1.29, 1.82) is 0 Å². The fraction of sp³-hybridized carbons (Fsp3) is 0.435. The maximum absolute atomic E-state index is 12.4. The molecule has 0 aliphatic carbocycles. The summed E-state index contributed by atoms with van der Waals surface area (Å²) < 4.78 is 5.15. The molecule has 2 heterocycles. The van der Waals surface area contributed by atoms with Gasteiger partial charge >= 0.3 is 0 Å². The van der Waals surface area contributed by atoms with Crippen LogP contribution in [0.3, 0.4) is 0 Å². The maximum atomic E-state index is 12.4. The molecule has 3 rings (SSSR count). The molecule has 11 heteroatoms. The molecule has 0 spiro atoms. The Bertz CT molecular complexity index is 994. The minimum atomic E-state index is -0.413. The van der Waals surface area contributed by atoms with Crippen molar-refractivity contribution in [3.05, 3.63) is 58.3 Å². The smallest absolute Gasteiger partial charge is 0.290 e. The number of carbonyl (C=O) groups excluding carboxylic acids is 2. The molecular formula is C23H31N5O6. The van der Waals surface area contributed by atoms with Gasteiger partial charge in [0.25, 0.3) is 17.9 Å². The lowest BCUT2D eigenvalue weighted by atomic mass is 10.1. The van der Waals surface area contributed by atoms with Gasteiger partial charge in [-0.2, -0.15) is 0 Å². The lowest BCUT2D eigenvalue weighted by molar-refractivity contribution is -0.123. The zero-order valence-corrected chi connectivity index (χ0v) is 19.3. The van der Waals surface area contributed by atoms with E-state index in [4.69, 9.17) is 14.6 Å². The number of hydrogen-bond acceptors (Lipinski definition) is 7. The summed E-state index contributed by atoms with van der Waals surface area (Å²) in [6.45, 7) is 0.784. The molecule has 0 bridgehead atoms. The second-order valence-corrected chi connectivity index (χ2v) is 7.83. The number of carboxylic acid groups (broad SMARTS) is 1. The molecule has 2 aromatic rings. The van der Waals surface area contributed by atoms with E-state index in [1.807, 2.05) is 31.3 Å². The lowest BCUT2D eigenvalue weighted by Gasteiger charge is -2.25. The first kappa shape index (κ1) is 26.5. The van der Waals surface area contributed by atoms with Crippen molar-refractivity contribution in [2.75, 3.05) is 27.2 Å². The van der Waals surface area contributed by atoms with Crippen molar-refractivity contribution in [3.8, 4) is 5.75 Å². The van der Waals surface area contributed by atoms with Gasteiger partial charge in [-0.05, 0) is 44.0 Å². The molecule has 1 fully saturated rings. The Balaban J connectivity index is 0.00000129. The Morgan fingerprint density at radius 1 is 1.21 bits per heavy atom. The van der Waals surface area contributed by atoms with Gasteiger partial charge in [0.15, 0.2) is 0 Å². The fourth-order valence-corrected chi connectivity index (χ4v) is 3.80. The van der Waals surface area contributed by atoms with Crippen LogP contribution in [0.2, 0.25) is 0 Å². The number of aromatic nitrogens is 2. The number of benzene rings is 1. The quantitative estimate of drug-likeness (QED) is 0.382. The largest absolute Gasteiger partial charge is 0.497 e. The lowest BCUT2D eigenvalue weighted by Crippen LogP contribution is -2.42. The summed E-state index contributed by atoms with van der Waals surface area (Å²) in [4.78, 5) is 52.5. The van der Waals surface area contributed by atoms with Crippen molar-refractivity contribution in [2.45, 2.75) is 37.8 Å². The third-order valence-electron chi connectivity index (χ3n) is 5.70. The molecule has 0 radical (unpaired) electrons.